The first kappa shape index (κ1) is 11.7. The highest BCUT2D eigenvalue weighted by Crippen LogP contribution is 2.21. The van der Waals surface area contributed by atoms with Crippen molar-refractivity contribution >= 4 is 5.69 Å². The van der Waals surface area contributed by atoms with Crippen LogP contribution in [0.15, 0.2) is 12.3 Å². The normalized spacial score (nSPS) is 17.6. The molecule has 1 aromatic rings. The molecule has 2 heterocycles. The monoisotopic (exact) mass is 232 g/mol. The van der Waals surface area contributed by atoms with Crippen LogP contribution in [0.1, 0.15) is 18.4 Å². The number of nitrogen functional groups attached to an aromatic ring is 1. The maximum Gasteiger partial charge on any atom is 0.232 e. The summed E-state index contributed by atoms with van der Waals surface area (Å²) in [6.45, 7) is 2.03. The third kappa shape index (κ3) is 2.86. The highest BCUT2D eigenvalue weighted by molar-refractivity contribution is 5.48. The summed E-state index contributed by atoms with van der Waals surface area (Å²) in [5, 5.41) is 8.98. The van der Waals surface area contributed by atoms with Gasteiger partial charge in [0.2, 0.25) is 5.88 Å². The molecule has 1 fully saturated rings. The molecule has 0 atom stereocenters. The Morgan fingerprint density at radius 3 is 2.88 bits per heavy atom. The first-order valence-corrected chi connectivity index (χ1v) is 5.70. The van der Waals surface area contributed by atoms with E-state index in [-0.39, 0.29) is 6.10 Å². The maximum absolute atomic E-state index is 8.98. The van der Waals surface area contributed by atoms with E-state index in [2.05, 4.69) is 23.0 Å². The standard InChI is InChI=1S/C12H16N4O/c1-16-4-2-11(3-5-16)17-12-9(7-13)6-10(14)8-15-12/h6,8,11H,2-5,14H2,1H3. The molecule has 0 radical (unpaired) electrons. The summed E-state index contributed by atoms with van der Waals surface area (Å²) in [6, 6.07) is 3.65. The SMILES string of the molecule is CN1CCC(Oc2ncc(N)cc2C#N)CC1. The largest absolute Gasteiger partial charge is 0.473 e. The van der Waals surface area contributed by atoms with Crippen LogP contribution in [-0.2, 0) is 0 Å². The van der Waals surface area contributed by atoms with Crippen molar-refractivity contribution in [2.45, 2.75) is 18.9 Å². The lowest BCUT2D eigenvalue weighted by Crippen LogP contribution is -2.35. The van der Waals surface area contributed by atoms with Gasteiger partial charge in [0.1, 0.15) is 17.7 Å². The molecule has 0 spiro atoms. The fourth-order valence-corrected chi connectivity index (χ4v) is 1.90. The zero-order chi connectivity index (χ0) is 12.3. The fraction of sp³-hybridized carbons (Fsp3) is 0.500. The Labute approximate surface area is 101 Å². The van der Waals surface area contributed by atoms with Crippen LogP contribution in [0.4, 0.5) is 5.69 Å². The van der Waals surface area contributed by atoms with E-state index >= 15 is 0 Å². The highest BCUT2D eigenvalue weighted by atomic mass is 16.5. The summed E-state index contributed by atoms with van der Waals surface area (Å²) in [5.41, 5.74) is 6.47. The van der Waals surface area contributed by atoms with Gasteiger partial charge in [-0.3, -0.25) is 0 Å². The first-order chi connectivity index (χ1) is 8.19. The van der Waals surface area contributed by atoms with E-state index in [1.807, 2.05) is 0 Å². The number of aromatic nitrogens is 1. The molecule has 90 valence electrons. The average Bonchev–Trinajstić information content (AvgIpc) is 2.34. The van der Waals surface area contributed by atoms with Crippen molar-refractivity contribution < 1.29 is 4.74 Å². The van der Waals surface area contributed by atoms with Crippen LogP contribution in [0.25, 0.3) is 0 Å². The van der Waals surface area contributed by atoms with Crippen LogP contribution in [0.3, 0.4) is 0 Å². The molecule has 0 unspecified atom stereocenters. The third-order valence-corrected chi connectivity index (χ3v) is 2.94. The fourth-order valence-electron chi connectivity index (χ4n) is 1.90. The summed E-state index contributed by atoms with van der Waals surface area (Å²) in [5.74, 6) is 0.399. The number of piperidine rings is 1. The number of rotatable bonds is 2. The van der Waals surface area contributed by atoms with E-state index in [4.69, 9.17) is 15.7 Å². The summed E-state index contributed by atoms with van der Waals surface area (Å²) in [4.78, 5) is 6.34. The maximum atomic E-state index is 8.98. The lowest BCUT2D eigenvalue weighted by atomic mass is 10.1. The average molecular weight is 232 g/mol. The van der Waals surface area contributed by atoms with Gasteiger partial charge in [0.25, 0.3) is 0 Å². The molecule has 0 aliphatic carbocycles. The van der Waals surface area contributed by atoms with Gasteiger partial charge in [-0.05, 0) is 26.0 Å². The van der Waals surface area contributed by atoms with Gasteiger partial charge in [0, 0.05) is 13.1 Å². The van der Waals surface area contributed by atoms with Gasteiger partial charge in [0.15, 0.2) is 0 Å². The summed E-state index contributed by atoms with van der Waals surface area (Å²) in [7, 11) is 2.10. The van der Waals surface area contributed by atoms with E-state index in [1.165, 1.54) is 6.20 Å². The summed E-state index contributed by atoms with van der Waals surface area (Å²) in [6.07, 6.45) is 3.60. The van der Waals surface area contributed by atoms with Gasteiger partial charge >= 0.3 is 0 Å². The van der Waals surface area contributed by atoms with Crippen molar-refractivity contribution in [3.8, 4) is 11.9 Å². The molecule has 1 aliphatic rings. The van der Waals surface area contributed by atoms with Crippen LogP contribution < -0.4 is 10.5 Å². The minimum absolute atomic E-state index is 0.148. The zero-order valence-corrected chi connectivity index (χ0v) is 9.89. The quantitative estimate of drug-likeness (QED) is 0.823. The molecule has 0 aromatic carbocycles. The number of hydrogen-bond donors (Lipinski definition) is 1. The number of nitrogens with two attached hydrogens (primary N) is 1. The Hall–Kier alpha value is -1.80. The van der Waals surface area contributed by atoms with Crippen LogP contribution in [0, 0.1) is 11.3 Å². The predicted octanol–water partition coefficient (Wildman–Crippen LogP) is 1.01. The van der Waals surface area contributed by atoms with E-state index in [0.29, 0.717) is 17.1 Å². The van der Waals surface area contributed by atoms with Crippen molar-refractivity contribution in [3.63, 3.8) is 0 Å². The molecule has 2 N–H and O–H groups in total. The minimum Gasteiger partial charge on any atom is -0.473 e. The molecule has 0 saturated carbocycles. The predicted molar refractivity (Wildman–Crippen MR) is 64.5 cm³/mol. The van der Waals surface area contributed by atoms with Gasteiger partial charge in [-0.1, -0.05) is 0 Å². The lowest BCUT2D eigenvalue weighted by Gasteiger charge is -2.29. The van der Waals surface area contributed by atoms with Gasteiger partial charge in [-0.2, -0.15) is 5.26 Å². The second-order valence-electron chi connectivity index (χ2n) is 4.35. The second-order valence-corrected chi connectivity index (χ2v) is 4.35. The molecule has 1 aliphatic heterocycles. The molecule has 0 amide bonds. The van der Waals surface area contributed by atoms with Gasteiger partial charge < -0.3 is 15.4 Å². The second kappa shape index (κ2) is 5.02. The van der Waals surface area contributed by atoms with Crippen LogP contribution >= 0.6 is 0 Å². The number of nitrogens with zero attached hydrogens (tertiary/aromatic N) is 3. The molecule has 17 heavy (non-hydrogen) atoms. The number of pyridine rings is 1. The van der Waals surface area contributed by atoms with Crippen molar-refractivity contribution in [3.05, 3.63) is 17.8 Å². The van der Waals surface area contributed by atoms with Gasteiger partial charge in [-0.25, -0.2) is 4.98 Å². The molecular weight excluding hydrogens is 216 g/mol. The highest BCUT2D eigenvalue weighted by Gasteiger charge is 2.19. The van der Waals surface area contributed by atoms with Crippen molar-refractivity contribution in [2.24, 2.45) is 0 Å². The van der Waals surface area contributed by atoms with E-state index < -0.39 is 0 Å². The van der Waals surface area contributed by atoms with E-state index in [1.54, 1.807) is 6.07 Å². The first-order valence-electron chi connectivity index (χ1n) is 5.70. The van der Waals surface area contributed by atoms with E-state index in [0.717, 1.165) is 25.9 Å². The zero-order valence-electron chi connectivity index (χ0n) is 9.89. The number of hydrogen-bond acceptors (Lipinski definition) is 5. The van der Waals surface area contributed by atoms with Crippen LogP contribution in [0.2, 0.25) is 0 Å². The minimum atomic E-state index is 0.148. The molecule has 0 bridgehead atoms. The number of ether oxygens (including phenoxy) is 1. The Morgan fingerprint density at radius 2 is 2.24 bits per heavy atom. The molecule has 1 saturated heterocycles. The molecule has 2 rings (SSSR count). The van der Waals surface area contributed by atoms with Crippen LogP contribution in [-0.4, -0.2) is 36.1 Å². The summed E-state index contributed by atoms with van der Waals surface area (Å²) >= 11 is 0. The summed E-state index contributed by atoms with van der Waals surface area (Å²) < 4.78 is 5.76. The van der Waals surface area contributed by atoms with Crippen molar-refractivity contribution in [1.82, 2.24) is 9.88 Å². The van der Waals surface area contributed by atoms with Crippen molar-refractivity contribution in [1.29, 1.82) is 5.26 Å². The number of anilines is 1. The molecule has 5 nitrogen and oxygen atoms in total. The lowest BCUT2D eigenvalue weighted by molar-refractivity contribution is 0.109. The van der Waals surface area contributed by atoms with Gasteiger partial charge in [0.05, 0.1) is 11.9 Å². The van der Waals surface area contributed by atoms with Gasteiger partial charge in [-0.15, -0.1) is 0 Å². The van der Waals surface area contributed by atoms with Crippen LogP contribution in [0.5, 0.6) is 5.88 Å². The third-order valence-electron chi connectivity index (χ3n) is 2.94. The van der Waals surface area contributed by atoms with Crippen molar-refractivity contribution in [2.75, 3.05) is 25.9 Å². The molecular formula is C12H16N4O. The Kier molecular flexibility index (Phi) is 3.45. The Morgan fingerprint density at radius 1 is 1.53 bits per heavy atom. The topological polar surface area (TPSA) is 75.2 Å². The van der Waals surface area contributed by atoms with E-state index in [9.17, 15) is 0 Å². The smallest absolute Gasteiger partial charge is 0.232 e. The number of likely N-dealkylation sites (tertiary alicyclic amines) is 1. The Balaban J connectivity index is 2.06. The number of nitriles is 1. The molecule has 5 heteroatoms. The Bertz CT molecular complexity index is 433. The molecule has 1 aromatic heterocycles.